The van der Waals surface area contributed by atoms with Gasteiger partial charge in [0, 0.05) is 25.5 Å². The van der Waals surface area contributed by atoms with Crippen molar-refractivity contribution in [3.8, 4) is 0 Å². The van der Waals surface area contributed by atoms with Crippen molar-refractivity contribution < 1.29 is 14.3 Å². The van der Waals surface area contributed by atoms with E-state index in [-0.39, 0.29) is 11.8 Å². The minimum Gasteiger partial charge on any atom is -0.475 e. The Balaban J connectivity index is 1.77. The highest BCUT2D eigenvalue weighted by molar-refractivity contribution is 5.84. The van der Waals surface area contributed by atoms with E-state index < -0.39 is 5.97 Å². The van der Waals surface area contributed by atoms with Crippen molar-refractivity contribution in [2.45, 2.75) is 26.1 Å². The Hall–Kier alpha value is -2.08. The Bertz CT molecular complexity index is 602. The molecule has 0 spiro atoms. The third kappa shape index (κ3) is 2.15. The van der Waals surface area contributed by atoms with E-state index in [0.717, 1.165) is 25.5 Å². The molecule has 3 heterocycles. The molecule has 2 aromatic rings. The number of fused-ring (bicyclic) bond motifs is 1. The van der Waals surface area contributed by atoms with E-state index in [1.807, 2.05) is 13.1 Å². The second-order valence-corrected chi connectivity index (χ2v) is 4.69. The van der Waals surface area contributed by atoms with Crippen LogP contribution in [0.4, 0.5) is 0 Å². The number of rotatable bonds is 3. The summed E-state index contributed by atoms with van der Waals surface area (Å²) in [7, 11) is 0. The first kappa shape index (κ1) is 12.0. The van der Waals surface area contributed by atoms with E-state index in [9.17, 15) is 4.79 Å². The highest BCUT2D eigenvalue weighted by Gasteiger charge is 2.24. The van der Waals surface area contributed by atoms with Crippen LogP contribution in [0.15, 0.2) is 28.9 Å². The van der Waals surface area contributed by atoms with Gasteiger partial charge in [-0.3, -0.25) is 4.90 Å². The van der Waals surface area contributed by atoms with Crippen LogP contribution in [0, 0.1) is 0 Å². The van der Waals surface area contributed by atoms with Crippen LogP contribution >= 0.6 is 0 Å². The van der Waals surface area contributed by atoms with E-state index in [1.165, 1.54) is 6.07 Å². The lowest BCUT2D eigenvalue weighted by Crippen LogP contribution is -2.35. The first-order valence-corrected chi connectivity index (χ1v) is 6.22. The number of hydrogen-bond acceptors (Lipinski definition) is 4. The van der Waals surface area contributed by atoms with Gasteiger partial charge in [0.15, 0.2) is 0 Å². The number of aromatic nitrogens is 2. The van der Waals surface area contributed by atoms with Gasteiger partial charge in [-0.15, -0.1) is 0 Å². The standard InChI is InChI=1S/C13H15N3O3/c1-9(10-2-3-11(19-10)13(17)18)16-7-6-15-5-4-14-12(15)8-16/h2-5,9H,6-8H2,1H3,(H,17,18). The lowest BCUT2D eigenvalue weighted by Gasteiger charge is -2.31. The molecule has 1 aliphatic rings. The summed E-state index contributed by atoms with van der Waals surface area (Å²) in [5.41, 5.74) is 0. The number of furan rings is 1. The van der Waals surface area contributed by atoms with Crippen LogP contribution in [-0.4, -0.2) is 32.1 Å². The van der Waals surface area contributed by atoms with Gasteiger partial charge in [-0.25, -0.2) is 9.78 Å². The highest BCUT2D eigenvalue weighted by atomic mass is 16.4. The van der Waals surface area contributed by atoms with Gasteiger partial charge in [0.25, 0.3) is 0 Å². The number of carboxylic acids is 1. The van der Waals surface area contributed by atoms with E-state index >= 15 is 0 Å². The number of hydrogen-bond donors (Lipinski definition) is 1. The molecule has 19 heavy (non-hydrogen) atoms. The average Bonchev–Trinajstić information content (AvgIpc) is 3.06. The van der Waals surface area contributed by atoms with Crippen LogP contribution in [0.3, 0.4) is 0 Å². The van der Waals surface area contributed by atoms with E-state index in [0.29, 0.717) is 5.76 Å². The molecule has 0 saturated heterocycles. The van der Waals surface area contributed by atoms with Crippen molar-refractivity contribution in [1.29, 1.82) is 0 Å². The molecule has 1 unspecified atom stereocenters. The minimum absolute atomic E-state index is 0.0136. The normalized spacial score (nSPS) is 17.1. The number of carbonyl (C=O) groups is 1. The molecule has 0 amide bonds. The van der Waals surface area contributed by atoms with Crippen molar-refractivity contribution in [2.24, 2.45) is 0 Å². The summed E-state index contributed by atoms with van der Waals surface area (Å²) >= 11 is 0. The van der Waals surface area contributed by atoms with E-state index in [4.69, 9.17) is 9.52 Å². The lowest BCUT2D eigenvalue weighted by molar-refractivity contribution is 0.0653. The monoisotopic (exact) mass is 261 g/mol. The summed E-state index contributed by atoms with van der Waals surface area (Å²) in [6.07, 6.45) is 3.78. The van der Waals surface area contributed by atoms with Crippen molar-refractivity contribution >= 4 is 5.97 Å². The lowest BCUT2D eigenvalue weighted by atomic mass is 10.2. The molecular weight excluding hydrogens is 246 g/mol. The molecule has 1 atom stereocenters. The molecule has 0 aromatic carbocycles. The minimum atomic E-state index is -1.03. The summed E-state index contributed by atoms with van der Waals surface area (Å²) in [6, 6.07) is 3.27. The number of imidazole rings is 1. The molecule has 2 aromatic heterocycles. The zero-order chi connectivity index (χ0) is 13.4. The third-order valence-corrected chi connectivity index (χ3v) is 3.57. The van der Waals surface area contributed by atoms with Crippen molar-refractivity contribution in [1.82, 2.24) is 14.5 Å². The average molecular weight is 261 g/mol. The van der Waals surface area contributed by atoms with Gasteiger partial charge < -0.3 is 14.1 Å². The molecule has 0 radical (unpaired) electrons. The molecule has 0 fully saturated rings. The van der Waals surface area contributed by atoms with Crippen LogP contribution in [0.2, 0.25) is 0 Å². The predicted molar refractivity (Wildman–Crippen MR) is 66.7 cm³/mol. The Morgan fingerprint density at radius 2 is 2.32 bits per heavy atom. The van der Waals surface area contributed by atoms with Crippen LogP contribution in [0.5, 0.6) is 0 Å². The summed E-state index contributed by atoms with van der Waals surface area (Å²) in [5, 5.41) is 8.87. The van der Waals surface area contributed by atoms with E-state index in [1.54, 1.807) is 12.3 Å². The van der Waals surface area contributed by atoms with Gasteiger partial charge in [-0.05, 0) is 19.1 Å². The van der Waals surface area contributed by atoms with Gasteiger partial charge in [-0.1, -0.05) is 0 Å². The molecule has 1 N–H and O–H groups in total. The maximum atomic E-state index is 10.8. The highest BCUT2D eigenvalue weighted by Crippen LogP contribution is 2.25. The fourth-order valence-corrected chi connectivity index (χ4v) is 2.40. The SMILES string of the molecule is CC(c1ccc(C(=O)O)o1)N1CCn2ccnc2C1. The van der Waals surface area contributed by atoms with Gasteiger partial charge in [0.1, 0.15) is 11.6 Å². The summed E-state index contributed by atoms with van der Waals surface area (Å²) < 4.78 is 7.49. The Morgan fingerprint density at radius 3 is 3.05 bits per heavy atom. The molecule has 6 nitrogen and oxygen atoms in total. The quantitative estimate of drug-likeness (QED) is 0.911. The van der Waals surface area contributed by atoms with Crippen molar-refractivity contribution in [2.75, 3.05) is 6.54 Å². The zero-order valence-electron chi connectivity index (χ0n) is 10.6. The molecule has 100 valence electrons. The van der Waals surface area contributed by atoms with Crippen LogP contribution in [0.1, 0.15) is 35.1 Å². The van der Waals surface area contributed by atoms with Gasteiger partial charge in [0.2, 0.25) is 5.76 Å². The topological polar surface area (TPSA) is 71.5 Å². The summed E-state index contributed by atoms with van der Waals surface area (Å²) in [4.78, 5) is 17.4. The second kappa shape index (κ2) is 4.55. The van der Waals surface area contributed by atoms with Crippen LogP contribution < -0.4 is 0 Å². The predicted octanol–water partition coefficient (Wildman–Crippen LogP) is 1.75. The first-order valence-electron chi connectivity index (χ1n) is 6.22. The summed E-state index contributed by atoms with van der Waals surface area (Å²) in [6.45, 7) is 4.56. The number of aromatic carboxylic acids is 1. The third-order valence-electron chi connectivity index (χ3n) is 3.57. The van der Waals surface area contributed by atoms with E-state index in [2.05, 4.69) is 14.5 Å². The number of nitrogens with zero attached hydrogens (tertiary/aromatic N) is 3. The number of carboxylic acid groups (broad SMARTS) is 1. The zero-order valence-corrected chi connectivity index (χ0v) is 10.6. The Labute approximate surface area is 110 Å². The molecule has 0 saturated carbocycles. The largest absolute Gasteiger partial charge is 0.475 e. The van der Waals surface area contributed by atoms with Gasteiger partial charge in [-0.2, -0.15) is 0 Å². The second-order valence-electron chi connectivity index (χ2n) is 4.69. The van der Waals surface area contributed by atoms with Crippen LogP contribution in [0.25, 0.3) is 0 Å². The molecule has 6 heteroatoms. The smallest absolute Gasteiger partial charge is 0.371 e. The van der Waals surface area contributed by atoms with Crippen molar-refractivity contribution in [3.05, 3.63) is 41.9 Å². The van der Waals surface area contributed by atoms with Gasteiger partial charge in [0.05, 0.1) is 12.6 Å². The molecular formula is C13H15N3O3. The Kier molecular flexibility index (Phi) is 2.87. The van der Waals surface area contributed by atoms with Crippen LogP contribution in [-0.2, 0) is 13.1 Å². The fourth-order valence-electron chi connectivity index (χ4n) is 2.40. The maximum absolute atomic E-state index is 10.8. The van der Waals surface area contributed by atoms with Crippen molar-refractivity contribution in [3.63, 3.8) is 0 Å². The molecule has 0 bridgehead atoms. The Morgan fingerprint density at radius 1 is 1.47 bits per heavy atom. The maximum Gasteiger partial charge on any atom is 0.371 e. The van der Waals surface area contributed by atoms with Gasteiger partial charge >= 0.3 is 5.97 Å². The fraction of sp³-hybridized carbons (Fsp3) is 0.385. The molecule has 0 aliphatic carbocycles. The first-order chi connectivity index (χ1) is 9.15. The summed E-state index contributed by atoms with van der Waals surface area (Å²) in [5.74, 6) is 0.661. The molecule has 3 rings (SSSR count). The molecule has 1 aliphatic heterocycles.